The quantitative estimate of drug-likeness (QED) is 0.338. The minimum Gasteiger partial charge on any atom is -0.371 e. The van der Waals surface area contributed by atoms with Crippen LogP contribution in [0.4, 0.5) is 17.3 Å². The third kappa shape index (κ3) is 4.62. The van der Waals surface area contributed by atoms with Gasteiger partial charge in [0.1, 0.15) is 5.39 Å². The second-order valence-electron chi connectivity index (χ2n) is 10.8. The number of hydrogen-bond acceptors (Lipinski definition) is 8. The van der Waals surface area contributed by atoms with Crippen LogP contribution in [0.15, 0.2) is 66.1 Å². The van der Waals surface area contributed by atoms with Crippen LogP contribution in [-0.4, -0.2) is 62.4 Å². The summed E-state index contributed by atoms with van der Waals surface area (Å²) in [4.78, 5) is 32.0. The van der Waals surface area contributed by atoms with Crippen molar-refractivity contribution in [2.24, 2.45) is 0 Å². The van der Waals surface area contributed by atoms with Gasteiger partial charge in [-0.15, -0.1) is 6.58 Å². The number of benzene rings is 1. The van der Waals surface area contributed by atoms with Crippen molar-refractivity contribution in [3.8, 4) is 11.9 Å². The highest BCUT2D eigenvalue weighted by Gasteiger charge is 2.46. The predicted molar refractivity (Wildman–Crippen MR) is 156 cm³/mol. The number of allylic oxidation sites excluding steroid dienone is 1. The van der Waals surface area contributed by atoms with E-state index in [-0.39, 0.29) is 12.1 Å². The molecule has 204 valence electrons. The number of hydrogen-bond donors (Lipinski definition) is 1. The molecule has 0 bridgehead atoms. The van der Waals surface area contributed by atoms with Gasteiger partial charge in [-0.25, -0.2) is 19.3 Å². The third-order valence-corrected chi connectivity index (χ3v) is 8.07. The molecule has 4 aromatic rings. The van der Waals surface area contributed by atoms with Crippen LogP contribution in [0.25, 0.3) is 16.9 Å². The topological polar surface area (TPSA) is 108 Å². The molecule has 4 heterocycles. The van der Waals surface area contributed by atoms with Crippen molar-refractivity contribution in [3.63, 3.8) is 0 Å². The number of fused-ring (bicyclic) bond motifs is 1. The predicted octanol–water partition coefficient (Wildman–Crippen LogP) is 3.99. The lowest BCUT2D eigenvalue weighted by Crippen LogP contribution is -2.41. The molecule has 1 aromatic carbocycles. The first-order chi connectivity index (χ1) is 19.4. The molecule has 1 saturated heterocycles. The van der Waals surface area contributed by atoms with Crippen LogP contribution in [-0.2, 0) is 12.0 Å². The van der Waals surface area contributed by atoms with Crippen LogP contribution >= 0.6 is 0 Å². The summed E-state index contributed by atoms with van der Waals surface area (Å²) >= 11 is 0. The zero-order valence-electron chi connectivity index (χ0n) is 22.9. The van der Waals surface area contributed by atoms with E-state index in [4.69, 9.17) is 9.97 Å². The van der Waals surface area contributed by atoms with E-state index in [1.807, 2.05) is 30.3 Å². The van der Waals surface area contributed by atoms with Gasteiger partial charge in [-0.2, -0.15) is 10.2 Å². The minimum atomic E-state index is -0.543. The lowest BCUT2D eigenvalue weighted by molar-refractivity contribution is 0.249. The maximum Gasteiger partial charge on any atom is 0.278 e. The number of aromatic nitrogens is 5. The fourth-order valence-electron chi connectivity index (χ4n) is 5.49. The summed E-state index contributed by atoms with van der Waals surface area (Å²) in [6, 6.07) is 16.9. The van der Waals surface area contributed by atoms with E-state index >= 15 is 0 Å². The van der Waals surface area contributed by atoms with Crippen molar-refractivity contribution >= 4 is 28.4 Å². The first-order valence-electron chi connectivity index (χ1n) is 13.7. The second kappa shape index (κ2) is 10.2. The van der Waals surface area contributed by atoms with E-state index in [9.17, 15) is 10.1 Å². The van der Waals surface area contributed by atoms with Gasteiger partial charge in [-0.05, 0) is 76.2 Å². The van der Waals surface area contributed by atoms with Gasteiger partial charge in [0.15, 0.2) is 11.5 Å². The number of nitriles is 1. The Labute approximate surface area is 233 Å². The van der Waals surface area contributed by atoms with Crippen molar-refractivity contribution in [3.05, 3.63) is 77.4 Å². The van der Waals surface area contributed by atoms with E-state index in [0.29, 0.717) is 34.5 Å². The zero-order valence-corrected chi connectivity index (χ0v) is 22.9. The van der Waals surface area contributed by atoms with E-state index < -0.39 is 5.41 Å². The van der Waals surface area contributed by atoms with Gasteiger partial charge in [-0.3, -0.25) is 4.79 Å². The number of piperidine rings is 1. The van der Waals surface area contributed by atoms with Crippen LogP contribution in [0.3, 0.4) is 0 Å². The Kier molecular flexibility index (Phi) is 6.60. The van der Waals surface area contributed by atoms with Crippen molar-refractivity contribution in [2.45, 2.75) is 43.7 Å². The van der Waals surface area contributed by atoms with Crippen molar-refractivity contribution in [1.29, 1.82) is 5.26 Å². The van der Waals surface area contributed by atoms with Gasteiger partial charge in [-0.1, -0.05) is 12.1 Å². The number of rotatable bonds is 8. The maximum atomic E-state index is 13.3. The Morgan fingerprint density at radius 2 is 1.90 bits per heavy atom. The zero-order chi connectivity index (χ0) is 27.9. The van der Waals surface area contributed by atoms with Crippen LogP contribution in [0, 0.1) is 11.3 Å². The maximum absolute atomic E-state index is 13.3. The molecule has 1 N–H and O–H groups in total. The Bertz CT molecular complexity index is 1650. The summed E-state index contributed by atoms with van der Waals surface area (Å²) in [5.74, 6) is 0.906. The highest BCUT2D eigenvalue weighted by Crippen LogP contribution is 2.46. The lowest BCUT2D eigenvalue weighted by Gasteiger charge is -2.36. The molecule has 1 aliphatic heterocycles. The molecule has 0 radical (unpaired) electrons. The SMILES string of the molecule is C=CCn1c(=O)c2cnc(Nc3ccc(N4CCC(N(C)C)CC4)cc3)nc2n1-c1cccc(C2(C#N)CC2)n1. The van der Waals surface area contributed by atoms with Crippen LogP contribution < -0.4 is 15.8 Å². The van der Waals surface area contributed by atoms with E-state index in [1.54, 1.807) is 21.6 Å². The molecule has 0 atom stereocenters. The molecule has 6 rings (SSSR count). The van der Waals surface area contributed by atoms with E-state index in [0.717, 1.165) is 44.5 Å². The van der Waals surface area contributed by atoms with Gasteiger partial charge >= 0.3 is 0 Å². The summed E-state index contributed by atoms with van der Waals surface area (Å²) in [5.41, 5.74) is 2.44. The molecule has 2 fully saturated rings. The molecule has 3 aromatic heterocycles. The molecule has 0 amide bonds. The molecular formula is C30H33N9O. The summed E-state index contributed by atoms with van der Waals surface area (Å²) in [6.07, 6.45) is 7.10. The highest BCUT2D eigenvalue weighted by molar-refractivity contribution is 5.77. The van der Waals surface area contributed by atoms with Crippen molar-refractivity contribution < 1.29 is 0 Å². The molecular weight excluding hydrogens is 502 g/mol. The van der Waals surface area contributed by atoms with Gasteiger partial charge < -0.3 is 15.1 Å². The third-order valence-electron chi connectivity index (χ3n) is 8.07. The standard InChI is InChI=1S/C30H33N9O/c1-4-16-38-28(40)24-19-32-29(33-21-8-10-23(11-9-21)37-17-12-22(13-18-37)36(2)3)35-27(24)39(38)26-7-5-6-25(34-26)30(20-31)14-15-30/h4-11,19,22H,1,12-18H2,2-3H3,(H,32,33,35). The van der Waals surface area contributed by atoms with Gasteiger partial charge in [0.25, 0.3) is 5.56 Å². The van der Waals surface area contributed by atoms with E-state index in [2.05, 4.69) is 59.0 Å². The molecule has 1 aliphatic carbocycles. The first kappa shape index (κ1) is 25.8. The summed E-state index contributed by atoms with van der Waals surface area (Å²) in [6.45, 7) is 6.18. The smallest absolute Gasteiger partial charge is 0.278 e. The number of nitrogens with one attached hydrogen (secondary N) is 1. The average molecular weight is 536 g/mol. The minimum absolute atomic E-state index is 0.225. The molecule has 2 aliphatic rings. The number of anilines is 3. The lowest BCUT2D eigenvalue weighted by atomic mass is 10.0. The highest BCUT2D eigenvalue weighted by atomic mass is 16.1. The van der Waals surface area contributed by atoms with Crippen molar-refractivity contribution in [1.82, 2.24) is 29.2 Å². The fraction of sp³-hybridized carbons (Fsp3) is 0.367. The Morgan fingerprint density at radius 3 is 2.55 bits per heavy atom. The van der Waals surface area contributed by atoms with Gasteiger partial charge in [0.05, 0.1) is 23.7 Å². The summed E-state index contributed by atoms with van der Waals surface area (Å²) in [7, 11) is 4.30. The Hall–Kier alpha value is -4.49. The largest absolute Gasteiger partial charge is 0.371 e. The van der Waals surface area contributed by atoms with Crippen LogP contribution in [0.2, 0.25) is 0 Å². The summed E-state index contributed by atoms with van der Waals surface area (Å²) < 4.78 is 3.24. The second-order valence-corrected chi connectivity index (χ2v) is 10.8. The Balaban J connectivity index is 1.30. The number of nitrogens with zero attached hydrogens (tertiary/aromatic N) is 8. The molecule has 40 heavy (non-hydrogen) atoms. The molecule has 10 heteroatoms. The molecule has 0 spiro atoms. The van der Waals surface area contributed by atoms with Gasteiger partial charge in [0.2, 0.25) is 5.95 Å². The fourth-order valence-corrected chi connectivity index (χ4v) is 5.49. The molecule has 10 nitrogen and oxygen atoms in total. The number of pyridine rings is 1. The van der Waals surface area contributed by atoms with Gasteiger partial charge in [0, 0.05) is 36.7 Å². The van der Waals surface area contributed by atoms with Crippen molar-refractivity contribution in [2.75, 3.05) is 37.4 Å². The average Bonchev–Trinajstić information content (AvgIpc) is 3.74. The Morgan fingerprint density at radius 1 is 1.15 bits per heavy atom. The molecule has 1 saturated carbocycles. The molecule has 0 unspecified atom stereocenters. The first-order valence-corrected chi connectivity index (χ1v) is 13.7. The summed E-state index contributed by atoms with van der Waals surface area (Å²) in [5, 5.41) is 13.4. The monoisotopic (exact) mass is 535 g/mol. The van der Waals surface area contributed by atoms with Crippen LogP contribution in [0.1, 0.15) is 31.4 Å². The normalized spacial score (nSPS) is 16.7. The van der Waals surface area contributed by atoms with E-state index in [1.165, 1.54) is 5.69 Å². The van der Waals surface area contributed by atoms with Crippen LogP contribution in [0.5, 0.6) is 0 Å².